The largest absolute Gasteiger partial charge is 0.347 e. The first-order chi connectivity index (χ1) is 13.0. The van der Waals surface area contributed by atoms with Crippen LogP contribution in [0.5, 0.6) is 0 Å². The molecule has 1 aliphatic heterocycles. The van der Waals surface area contributed by atoms with E-state index in [1.54, 1.807) is 0 Å². The van der Waals surface area contributed by atoms with E-state index in [1.165, 1.54) is 12.5 Å². The van der Waals surface area contributed by atoms with Crippen molar-refractivity contribution in [2.45, 2.75) is 13.3 Å². The zero-order chi connectivity index (χ0) is 19.2. The Labute approximate surface area is 157 Å². The first kappa shape index (κ1) is 18.4. The van der Waals surface area contributed by atoms with Crippen molar-refractivity contribution in [3.63, 3.8) is 0 Å². The van der Waals surface area contributed by atoms with Crippen LogP contribution in [0.1, 0.15) is 12.5 Å². The van der Waals surface area contributed by atoms with E-state index in [9.17, 15) is 14.4 Å². The standard InChI is InChI=1S/C20H22N4O3/c1-14(25)21-12-19(26)22-13-20(27)23-16-7-3-5-9-18(16)24-11-10-15-6-2-4-8-17(15)24/h2-9H,10-13H2,1H3,(H,21,25)(H,22,26)(H,23,27). The van der Waals surface area contributed by atoms with Crippen LogP contribution in [-0.2, 0) is 20.8 Å². The molecule has 0 bridgehead atoms. The number of anilines is 3. The molecule has 0 radical (unpaired) electrons. The summed E-state index contributed by atoms with van der Waals surface area (Å²) in [6.45, 7) is 1.86. The number of carbonyl (C=O) groups is 3. The summed E-state index contributed by atoms with van der Waals surface area (Å²) < 4.78 is 0. The maximum absolute atomic E-state index is 12.2. The Hall–Kier alpha value is -3.35. The predicted molar refractivity (Wildman–Crippen MR) is 104 cm³/mol. The van der Waals surface area contributed by atoms with Crippen LogP contribution in [0.2, 0.25) is 0 Å². The summed E-state index contributed by atoms with van der Waals surface area (Å²) in [5.74, 6) is -1.04. The fourth-order valence-electron chi connectivity index (χ4n) is 3.04. The number of para-hydroxylation sites is 3. The SMILES string of the molecule is CC(=O)NCC(=O)NCC(=O)Nc1ccccc1N1CCc2ccccc21. The molecule has 140 valence electrons. The molecule has 0 aliphatic carbocycles. The van der Waals surface area contributed by atoms with Crippen molar-refractivity contribution in [3.8, 4) is 0 Å². The number of fused-ring (bicyclic) bond motifs is 1. The second-order valence-corrected chi connectivity index (χ2v) is 6.28. The minimum absolute atomic E-state index is 0.149. The summed E-state index contributed by atoms with van der Waals surface area (Å²) in [5, 5.41) is 7.72. The Morgan fingerprint density at radius 1 is 0.889 bits per heavy atom. The first-order valence-corrected chi connectivity index (χ1v) is 8.80. The Kier molecular flexibility index (Phi) is 5.71. The average Bonchev–Trinajstić information content (AvgIpc) is 3.09. The number of hydrogen-bond acceptors (Lipinski definition) is 4. The van der Waals surface area contributed by atoms with Gasteiger partial charge in [0.2, 0.25) is 17.7 Å². The van der Waals surface area contributed by atoms with Crippen molar-refractivity contribution < 1.29 is 14.4 Å². The monoisotopic (exact) mass is 366 g/mol. The normalized spacial score (nSPS) is 12.3. The highest BCUT2D eigenvalue weighted by Gasteiger charge is 2.22. The molecule has 3 rings (SSSR count). The molecule has 7 nitrogen and oxygen atoms in total. The maximum atomic E-state index is 12.2. The number of nitrogens with zero attached hydrogens (tertiary/aromatic N) is 1. The summed E-state index contributed by atoms with van der Waals surface area (Å²) in [7, 11) is 0. The number of carbonyl (C=O) groups excluding carboxylic acids is 3. The van der Waals surface area contributed by atoms with Gasteiger partial charge >= 0.3 is 0 Å². The van der Waals surface area contributed by atoms with E-state index in [4.69, 9.17) is 0 Å². The molecule has 0 saturated carbocycles. The van der Waals surface area contributed by atoms with Gasteiger partial charge < -0.3 is 20.9 Å². The van der Waals surface area contributed by atoms with E-state index in [-0.39, 0.29) is 24.9 Å². The molecule has 0 aromatic heterocycles. The summed E-state index contributed by atoms with van der Waals surface area (Å²) in [4.78, 5) is 36.8. The highest BCUT2D eigenvalue weighted by molar-refractivity contribution is 5.98. The van der Waals surface area contributed by atoms with Crippen LogP contribution in [0.15, 0.2) is 48.5 Å². The highest BCUT2D eigenvalue weighted by atomic mass is 16.2. The van der Waals surface area contributed by atoms with Gasteiger partial charge in [-0.25, -0.2) is 0 Å². The van der Waals surface area contributed by atoms with Crippen molar-refractivity contribution in [1.82, 2.24) is 10.6 Å². The van der Waals surface area contributed by atoms with Gasteiger partial charge in [-0.15, -0.1) is 0 Å². The molecule has 1 heterocycles. The van der Waals surface area contributed by atoms with Crippen LogP contribution in [0, 0.1) is 0 Å². The number of benzene rings is 2. The Morgan fingerprint density at radius 3 is 2.33 bits per heavy atom. The van der Waals surface area contributed by atoms with Crippen LogP contribution >= 0.6 is 0 Å². The minimum atomic E-state index is -0.415. The maximum Gasteiger partial charge on any atom is 0.243 e. The third kappa shape index (κ3) is 4.63. The third-order valence-electron chi connectivity index (χ3n) is 4.30. The Balaban J connectivity index is 1.64. The second kappa shape index (κ2) is 8.35. The molecule has 0 spiro atoms. The second-order valence-electron chi connectivity index (χ2n) is 6.28. The van der Waals surface area contributed by atoms with Gasteiger partial charge in [-0.1, -0.05) is 30.3 Å². The quantitative estimate of drug-likeness (QED) is 0.724. The molecule has 27 heavy (non-hydrogen) atoms. The molecule has 0 atom stereocenters. The van der Waals surface area contributed by atoms with Gasteiger partial charge in [0.15, 0.2) is 0 Å². The number of rotatable bonds is 6. The average molecular weight is 366 g/mol. The molecule has 0 saturated heterocycles. The van der Waals surface area contributed by atoms with Gasteiger partial charge in [-0.05, 0) is 30.2 Å². The molecular formula is C20H22N4O3. The zero-order valence-electron chi connectivity index (χ0n) is 15.1. The summed E-state index contributed by atoms with van der Waals surface area (Å²) in [6.07, 6.45) is 0.956. The van der Waals surface area contributed by atoms with Gasteiger partial charge in [0.05, 0.1) is 24.5 Å². The lowest BCUT2D eigenvalue weighted by molar-refractivity contribution is -0.126. The Bertz CT molecular complexity index is 866. The van der Waals surface area contributed by atoms with E-state index in [0.717, 1.165) is 24.3 Å². The van der Waals surface area contributed by atoms with Gasteiger partial charge in [0.25, 0.3) is 0 Å². The molecule has 0 fully saturated rings. The molecule has 2 aromatic rings. The van der Waals surface area contributed by atoms with Gasteiger partial charge in [-0.2, -0.15) is 0 Å². The number of hydrogen-bond donors (Lipinski definition) is 3. The third-order valence-corrected chi connectivity index (χ3v) is 4.30. The topological polar surface area (TPSA) is 90.5 Å². The predicted octanol–water partition coefficient (Wildman–Crippen LogP) is 1.57. The number of amides is 3. The zero-order valence-corrected chi connectivity index (χ0v) is 15.1. The lowest BCUT2D eigenvalue weighted by Crippen LogP contribution is -2.39. The minimum Gasteiger partial charge on any atom is -0.347 e. The summed E-state index contributed by atoms with van der Waals surface area (Å²) in [6, 6.07) is 15.8. The van der Waals surface area contributed by atoms with E-state index >= 15 is 0 Å². The van der Waals surface area contributed by atoms with Crippen molar-refractivity contribution in [1.29, 1.82) is 0 Å². The fourth-order valence-corrected chi connectivity index (χ4v) is 3.04. The van der Waals surface area contributed by atoms with Crippen LogP contribution in [-0.4, -0.2) is 37.4 Å². The van der Waals surface area contributed by atoms with Gasteiger partial charge in [0, 0.05) is 19.2 Å². The van der Waals surface area contributed by atoms with Crippen LogP contribution in [0.3, 0.4) is 0 Å². The van der Waals surface area contributed by atoms with E-state index < -0.39 is 5.91 Å². The van der Waals surface area contributed by atoms with Crippen molar-refractivity contribution in [2.24, 2.45) is 0 Å². The number of nitrogens with one attached hydrogen (secondary N) is 3. The smallest absolute Gasteiger partial charge is 0.243 e. The van der Waals surface area contributed by atoms with Crippen molar-refractivity contribution >= 4 is 34.8 Å². The molecular weight excluding hydrogens is 344 g/mol. The van der Waals surface area contributed by atoms with Crippen LogP contribution in [0.25, 0.3) is 0 Å². The highest BCUT2D eigenvalue weighted by Crippen LogP contribution is 2.37. The fraction of sp³-hybridized carbons (Fsp3) is 0.250. The van der Waals surface area contributed by atoms with E-state index in [0.29, 0.717) is 5.69 Å². The molecule has 3 N–H and O–H groups in total. The molecule has 7 heteroatoms. The Morgan fingerprint density at radius 2 is 1.56 bits per heavy atom. The molecule has 2 aromatic carbocycles. The van der Waals surface area contributed by atoms with Crippen molar-refractivity contribution in [2.75, 3.05) is 29.9 Å². The van der Waals surface area contributed by atoms with E-state index in [2.05, 4.69) is 33.0 Å². The summed E-state index contributed by atoms with van der Waals surface area (Å²) >= 11 is 0. The van der Waals surface area contributed by atoms with Gasteiger partial charge in [0.1, 0.15) is 0 Å². The van der Waals surface area contributed by atoms with Gasteiger partial charge in [-0.3, -0.25) is 14.4 Å². The lowest BCUT2D eigenvalue weighted by atomic mass is 10.2. The van der Waals surface area contributed by atoms with Crippen LogP contribution < -0.4 is 20.9 Å². The van der Waals surface area contributed by atoms with Crippen LogP contribution in [0.4, 0.5) is 17.1 Å². The molecule has 1 aliphatic rings. The molecule has 3 amide bonds. The lowest BCUT2D eigenvalue weighted by Gasteiger charge is -2.23. The van der Waals surface area contributed by atoms with Crippen molar-refractivity contribution in [3.05, 3.63) is 54.1 Å². The summed E-state index contributed by atoms with van der Waals surface area (Å²) in [5.41, 5.74) is 4.03. The molecule has 0 unspecified atom stereocenters. The van der Waals surface area contributed by atoms with E-state index in [1.807, 2.05) is 36.4 Å². The first-order valence-electron chi connectivity index (χ1n) is 8.80.